The molecule has 19 heavy (non-hydrogen) atoms. The molecule has 0 saturated heterocycles. The van der Waals surface area contributed by atoms with Crippen molar-refractivity contribution in [2.45, 2.75) is 20.8 Å². The fourth-order valence-electron chi connectivity index (χ4n) is 2.43. The molecule has 100 valence electrons. The summed E-state index contributed by atoms with van der Waals surface area (Å²) in [6, 6.07) is 9.05. The number of aldehydes is 1. The van der Waals surface area contributed by atoms with Gasteiger partial charge in [-0.25, -0.2) is 0 Å². The average Bonchev–Trinajstić information content (AvgIpc) is 2.91. The molecule has 0 aliphatic heterocycles. The molecule has 3 nitrogen and oxygen atoms in total. The van der Waals surface area contributed by atoms with Crippen molar-refractivity contribution >= 4 is 12.3 Å². The summed E-state index contributed by atoms with van der Waals surface area (Å²) in [6.45, 7) is 5.79. The highest BCUT2D eigenvalue weighted by molar-refractivity contribution is 5.81. The van der Waals surface area contributed by atoms with E-state index in [4.69, 9.17) is 4.74 Å². The smallest absolute Gasteiger partial charge is 0.315 e. The first-order valence-corrected chi connectivity index (χ1v) is 6.37. The van der Waals surface area contributed by atoms with Gasteiger partial charge in [0.25, 0.3) is 0 Å². The standard InChI is InChI=1S/C16H18O3/c1-11(10-17)9-13-14(16(13,2)3)15(18)19-12-7-5-4-6-8-12/h4-10,13-14H,1-3H3/b11-9+. The van der Waals surface area contributed by atoms with Gasteiger partial charge < -0.3 is 4.74 Å². The maximum absolute atomic E-state index is 12.1. The van der Waals surface area contributed by atoms with E-state index in [1.807, 2.05) is 38.1 Å². The lowest BCUT2D eigenvalue weighted by Crippen LogP contribution is -2.13. The highest BCUT2D eigenvalue weighted by Gasteiger charge is 2.61. The molecule has 0 amide bonds. The number of carbonyl (C=O) groups excluding carboxylic acids is 2. The highest BCUT2D eigenvalue weighted by Crippen LogP contribution is 2.59. The fourth-order valence-corrected chi connectivity index (χ4v) is 2.43. The zero-order valence-electron chi connectivity index (χ0n) is 11.4. The van der Waals surface area contributed by atoms with Crippen molar-refractivity contribution in [2.75, 3.05) is 0 Å². The summed E-state index contributed by atoms with van der Waals surface area (Å²) in [5.41, 5.74) is 0.518. The molecule has 1 aromatic carbocycles. The molecule has 1 fully saturated rings. The second-order valence-corrected chi connectivity index (χ2v) is 5.59. The van der Waals surface area contributed by atoms with Crippen molar-refractivity contribution in [1.29, 1.82) is 0 Å². The summed E-state index contributed by atoms with van der Waals surface area (Å²) in [7, 11) is 0. The zero-order chi connectivity index (χ0) is 14.0. The number of esters is 1. The van der Waals surface area contributed by atoms with Crippen LogP contribution in [0, 0.1) is 17.3 Å². The maximum Gasteiger partial charge on any atom is 0.315 e. The Labute approximate surface area is 113 Å². The van der Waals surface area contributed by atoms with Crippen LogP contribution in [-0.4, -0.2) is 12.3 Å². The van der Waals surface area contributed by atoms with E-state index >= 15 is 0 Å². The van der Waals surface area contributed by atoms with Gasteiger partial charge in [0.2, 0.25) is 0 Å². The van der Waals surface area contributed by atoms with E-state index in [1.165, 1.54) is 0 Å². The SMILES string of the molecule is C/C(C=O)=C\C1C(C(=O)Oc2ccccc2)C1(C)C. The van der Waals surface area contributed by atoms with Gasteiger partial charge in [-0.05, 0) is 36.0 Å². The number of carbonyl (C=O) groups is 2. The van der Waals surface area contributed by atoms with E-state index in [0.717, 1.165) is 6.29 Å². The van der Waals surface area contributed by atoms with Crippen LogP contribution in [0.4, 0.5) is 0 Å². The third-order valence-electron chi connectivity index (χ3n) is 3.75. The van der Waals surface area contributed by atoms with Crippen molar-refractivity contribution in [2.24, 2.45) is 17.3 Å². The monoisotopic (exact) mass is 258 g/mol. The molecule has 1 aliphatic carbocycles. The maximum atomic E-state index is 12.1. The van der Waals surface area contributed by atoms with E-state index in [-0.39, 0.29) is 23.2 Å². The van der Waals surface area contributed by atoms with Crippen LogP contribution in [0.25, 0.3) is 0 Å². The molecular formula is C16H18O3. The van der Waals surface area contributed by atoms with Crippen LogP contribution >= 0.6 is 0 Å². The molecule has 2 unspecified atom stereocenters. The Morgan fingerprint density at radius 3 is 2.47 bits per heavy atom. The van der Waals surface area contributed by atoms with Crippen LogP contribution < -0.4 is 4.74 Å². The van der Waals surface area contributed by atoms with Gasteiger partial charge in [-0.2, -0.15) is 0 Å². The van der Waals surface area contributed by atoms with Gasteiger partial charge in [0.05, 0.1) is 5.92 Å². The van der Waals surface area contributed by atoms with Gasteiger partial charge in [0, 0.05) is 0 Å². The van der Waals surface area contributed by atoms with Crippen LogP contribution in [-0.2, 0) is 9.59 Å². The molecule has 0 aromatic heterocycles. The number of ether oxygens (including phenoxy) is 1. The fraction of sp³-hybridized carbons (Fsp3) is 0.375. The first-order valence-electron chi connectivity index (χ1n) is 6.37. The van der Waals surface area contributed by atoms with Gasteiger partial charge in [-0.15, -0.1) is 0 Å². The summed E-state index contributed by atoms with van der Waals surface area (Å²) >= 11 is 0. The van der Waals surface area contributed by atoms with Crippen molar-refractivity contribution in [3.05, 3.63) is 42.0 Å². The van der Waals surface area contributed by atoms with E-state index in [9.17, 15) is 9.59 Å². The molecule has 0 radical (unpaired) electrons. The molecular weight excluding hydrogens is 240 g/mol. The lowest BCUT2D eigenvalue weighted by molar-refractivity contribution is -0.136. The van der Waals surface area contributed by atoms with Crippen LogP contribution in [0.3, 0.4) is 0 Å². The van der Waals surface area contributed by atoms with Gasteiger partial charge in [0.15, 0.2) is 0 Å². The number of para-hydroxylation sites is 1. The van der Waals surface area contributed by atoms with Gasteiger partial charge in [-0.1, -0.05) is 38.1 Å². The van der Waals surface area contributed by atoms with E-state index in [2.05, 4.69) is 0 Å². The zero-order valence-corrected chi connectivity index (χ0v) is 11.4. The summed E-state index contributed by atoms with van der Waals surface area (Å²) < 4.78 is 5.36. The Hall–Kier alpha value is -1.90. The molecule has 1 aliphatic rings. The Morgan fingerprint density at radius 2 is 1.89 bits per heavy atom. The number of hydrogen-bond donors (Lipinski definition) is 0. The molecule has 0 N–H and O–H groups in total. The summed E-state index contributed by atoms with van der Waals surface area (Å²) in [4.78, 5) is 22.8. The average molecular weight is 258 g/mol. The molecule has 1 aromatic rings. The van der Waals surface area contributed by atoms with Crippen LogP contribution in [0.5, 0.6) is 5.75 Å². The topological polar surface area (TPSA) is 43.4 Å². The Balaban J connectivity index is 2.07. The van der Waals surface area contributed by atoms with Crippen molar-refractivity contribution < 1.29 is 14.3 Å². The number of hydrogen-bond acceptors (Lipinski definition) is 3. The molecule has 0 heterocycles. The van der Waals surface area contributed by atoms with Crippen molar-refractivity contribution in [3.8, 4) is 5.75 Å². The first kappa shape index (κ1) is 13.5. The third kappa shape index (κ3) is 2.75. The minimum absolute atomic E-state index is 0.0777. The predicted octanol–water partition coefficient (Wildman–Crippen LogP) is 3.01. The summed E-state index contributed by atoms with van der Waals surface area (Å²) in [5, 5.41) is 0. The number of benzene rings is 1. The summed E-state index contributed by atoms with van der Waals surface area (Å²) in [6.07, 6.45) is 2.68. The van der Waals surface area contributed by atoms with Gasteiger partial charge >= 0.3 is 5.97 Å². The van der Waals surface area contributed by atoms with E-state index in [0.29, 0.717) is 11.3 Å². The molecule has 3 heteroatoms. The van der Waals surface area contributed by atoms with Gasteiger partial charge in [-0.3, -0.25) is 9.59 Å². The van der Waals surface area contributed by atoms with Gasteiger partial charge in [0.1, 0.15) is 12.0 Å². The van der Waals surface area contributed by atoms with Crippen LogP contribution in [0.2, 0.25) is 0 Å². The molecule has 2 rings (SSSR count). The lowest BCUT2D eigenvalue weighted by Gasteiger charge is -2.04. The first-order chi connectivity index (χ1) is 8.96. The second kappa shape index (κ2) is 5.00. The highest BCUT2D eigenvalue weighted by atomic mass is 16.5. The number of allylic oxidation sites excluding steroid dienone is 2. The third-order valence-corrected chi connectivity index (χ3v) is 3.75. The van der Waals surface area contributed by atoms with E-state index in [1.54, 1.807) is 19.1 Å². The lowest BCUT2D eigenvalue weighted by atomic mass is 10.1. The van der Waals surface area contributed by atoms with Crippen molar-refractivity contribution in [3.63, 3.8) is 0 Å². The largest absolute Gasteiger partial charge is 0.426 e. The Bertz CT molecular complexity index is 514. The minimum atomic E-state index is -0.226. The van der Waals surface area contributed by atoms with Crippen LogP contribution in [0.1, 0.15) is 20.8 Å². The Morgan fingerprint density at radius 1 is 1.26 bits per heavy atom. The van der Waals surface area contributed by atoms with Crippen molar-refractivity contribution in [1.82, 2.24) is 0 Å². The predicted molar refractivity (Wildman–Crippen MR) is 72.7 cm³/mol. The molecule has 0 bridgehead atoms. The second-order valence-electron chi connectivity index (χ2n) is 5.59. The number of rotatable bonds is 4. The normalized spacial score (nSPS) is 24.7. The minimum Gasteiger partial charge on any atom is -0.426 e. The quantitative estimate of drug-likeness (QED) is 0.361. The van der Waals surface area contributed by atoms with Crippen LogP contribution in [0.15, 0.2) is 42.0 Å². The molecule has 1 saturated carbocycles. The summed E-state index contributed by atoms with van der Waals surface area (Å²) in [5.74, 6) is 0.234. The molecule has 0 spiro atoms. The van der Waals surface area contributed by atoms with E-state index < -0.39 is 0 Å². The molecule has 2 atom stereocenters. The Kier molecular flexibility index (Phi) is 3.56.